The molecule has 0 fully saturated rings. The number of ether oxygens (including phenoxy) is 1. The number of amides is 1. The molecule has 0 bridgehead atoms. The van der Waals surface area contributed by atoms with Crippen LogP contribution >= 0.6 is 11.6 Å². The van der Waals surface area contributed by atoms with Gasteiger partial charge in [0.2, 0.25) is 0 Å². The first-order chi connectivity index (χ1) is 9.31. The van der Waals surface area contributed by atoms with Crippen LogP contribution < -0.4 is 10.1 Å². The number of nitrogens with one attached hydrogen (secondary N) is 1. The Balaban J connectivity index is 2.62. The molecule has 20 heavy (non-hydrogen) atoms. The molecule has 5 nitrogen and oxygen atoms in total. The number of hydrogen-bond donors (Lipinski definition) is 2. The van der Waals surface area contributed by atoms with Gasteiger partial charge in [-0.3, -0.25) is 4.79 Å². The van der Waals surface area contributed by atoms with E-state index in [9.17, 15) is 9.59 Å². The number of rotatable bonds is 6. The van der Waals surface area contributed by atoms with Crippen LogP contribution in [-0.2, 0) is 9.59 Å². The SMILES string of the molecule is CC(Oc1ccc(Cl)cc1)C(=O)N[C@H](C(=O)O)C(C)C. The molecule has 1 amide bonds. The highest BCUT2D eigenvalue weighted by molar-refractivity contribution is 6.30. The highest BCUT2D eigenvalue weighted by atomic mass is 35.5. The van der Waals surface area contributed by atoms with Gasteiger partial charge in [-0.25, -0.2) is 4.79 Å². The molecule has 1 aromatic rings. The predicted molar refractivity (Wildman–Crippen MR) is 75.9 cm³/mol. The molecule has 0 saturated carbocycles. The van der Waals surface area contributed by atoms with Crippen molar-refractivity contribution in [3.63, 3.8) is 0 Å². The van der Waals surface area contributed by atoms with E-state index in [2.05, 4.69) is 5.32 Å². The van der Waals surface area contributed by atoms with Crippen LogP contribution in [0.3, 0.4) is 0 Å². The first-order valence-corrected chi connectivity index (χ1v) is 6.64. The lowest BCUT2D eigenvalue weighted by Crippen LogP contribution is -2.48. The van der Waals surface area contributed by atoms with E-state index in [1.807, 2.05) is 0 Å². The van der Waals surface area contributed by atoms with Crippen molar-refractivity contribution in [2.45, 2.75) is 32.9 Å². The summed E-state index contributed by atoms with van der Waals surface area (Å²) in [5.41, 5.74) is 0. The number of carboxylic acid groups (broad SMARTS) is 1. The third kappa shape index (κ3) is 4.74. The summed E-state index contributed by atoms with van der Waals surface area (Å²) in [7, 11) is 0. The van der Waals surface area contributed by atoms with Gasteiger partial charge in [-0.2, -0.15) is 0 Å². The lowest BCUT2D eigenvalue weighted by atomic mass is 10.0. The third-order valence-electron chi connectivity index (χ3n) is 2.73. The third-order valence-corrected chi connectivity index (χ3v) is 2.98. The number of carbonyl (C=O) groups excluding carboxylic acids is 1. The van der Waals surface area contributed by atoms with Crippen molar-refractivity contribution in [3.05, 3.63) is 29.3 Å². The van der Waals surface area contributed by atoms with Gasteiger partial charge in [0.05, 0.1) is 0 Å². The van der Waals surface area contributed by atoms with E-state index in [4.69, 9.17) is 21.4 Å². The van der Waals surface area contributed by atoms with E-state index in [0.717, 1.165) is 0 Å². The van der Waals surface area contributed by atoms with Crippen LogP contribution in [0, 0.1) is 5.92 Å². The lowest BCUT2D eigenvalue weighted by Gasteiger charge is -2.21. The van der Waals surface area contributed by atoms with Gasteiger partial charge in [-0.15, -0.1) is 0 Å². The fraction of sp³-hybridized carbons (Fsp3) is 0.429. The Kier molecular flexibility index (Phi) is 5.82. The molecule has 0 radical (unpaired) electrons. The van der Waals surface area contributed by atoms with E-state index in [0.29, 0.717) is 10.8 Å². The van der Waals surface area contributed by atoms with E-state index in [-0.39, 0.29) is 5.92 Å². The van der Waals surface area contributed by atoms with Gasteiger partial charge in [0, 0.05) is 5.02 Å². The Morgan fingerprint density at radius 1 is 1.20 bits per heavy atom. The van der Waals surface area contributed by atoms with E-state index in [1.165, 1.54) is 0 Å². The largest absolute Gasteiger partial charge is 0.481 e. The summed E-state index contributed by atoms with van der Waals surface area (Å²) in [6.07, 6.45) is -0.795. The van der Waals surface area contributed by atoms with Crippen molar-refractivity contribution in [1.82, 2.24) is 5.32 Å². The molecule has 1 rings (SSSR count). The van der Waals surface area contributed by atoms with Crippen LogP contribution in [0.25, 0.3) is 0 Å². The van der Waals surface area contributed by atoms with Gasteiger partial charge < -0.3 is 15.2 Å². The normalized spacial score (nSPS) is 13.7. The summed E-state index contributed by atoms with van der Waals surface area (Å²) < 4.78 is 5.43. The zero-order valence-corrected chi connectivity index (χ0v) is 12.3. The van der Waals surface area contributed by atoms with Crippen LogP contribution in [0.2, 0.25) is 5.02 Å². The second-order valence-electron chi connectivity index (χ2n) is 4.78. The minimum absolute atomic E-state index is 0.209. The molecule has 0 heterocycles. The van der Waals surface area contributed by atoms with Gasteiger partial charge >= 0.3 is 5.97 Å². The molecule has 110 valence electrons. The Morgan fingerprint density at radius 2 is 1.75 bits per heavy atom. The monoisotopic (exact) mass is 299 g/mol. The number of aliphatic carboxylic acids is 1. The summed E-state index contributed by atoms with van der Waals surface area (Å²) >= 11 is 5.75. The van der Waals surface area contributed by atoms with Crippen LogP contribution in [0.1, 0.15) is 20.8 Å². The smallest absolute Gasteiger partial charge is 0.326 e. The molecule has 1 unspecified atom stereocenters. The number of carbonyl (C=O) groups is 2. The maximum atomic E-state index is 11.9. The van der Waals surface area contributed by atoms with Crippen LogP contribution in [0.5, 0.6) is 5.75 Å². The second-order valence-corrected chi connectivity index (χ2v) is 5.22. The summed E-state index contributed by atoms with van der Waals surface area (Å²) in [5, 5.41) is 12.1. The van der Waals surface area contributed by atoms with Gasteiger partial charge in [-0.1, -0.05) is 25.4 Å². The molecule has 1 aromatic carbocycles. The fourth-order valence-corrected chi connectivity index (χ4v) is 1.68. The lowest BCUT2D eigenvalue weighted by molar-refractivity contribution is -0.144. The molecule has 0 aromatic heterocycles. The predicted octanol–water partition coefficient (Wildman–Crippen LogP) is 2.33. The van der Waals surface area contributed by atoms with Gasteiger partial charge in [0.25, 0.3) is 5.91 Å². The van der Waals surface area contributed by atoms with Crippen molar-refractivity contribution >= 4 is 23.5 Å². The molecular formula is C14H18ClNO4. The van der Waals surface area contributed by atoms with Crippen molar-refractivity contribution in [2.24, 2.45) is 5.92 Å². The highest BCUT2D eigenvalue weighted by Crippen LogP contribution is 2.17. The molecule has 0 aliphatic heterocycles. The highest BCUT2D eigenvalue weighted by Gasteiger charge is 2.26. The summed E-state index contributed by atoms with van der Waals surface area (Å²) in [6.45, 7) is 5.01. The number of hydrogen-bond acceptors (Lipinski definition) is 3. The van der Waals surface area contributed by atoms with Crippen molar-refractivity contribution in [1.29, 1.82) is 0 Å². The minimum Gasteiger partial charge on any atom is -0.481 e. The number of benzene rings is 1. The molecule has 2 N–H and O–H groups in total. The quantitative estimate of drug-likeness (QED) is 0.845. The van der Waals surface area contributed by atoms with Gasteiger partial charge in [0.15, 0.2) is 6.10 Å². The first-order valence-electron chi connectivity index (χ1n) is 6.26. The van der Waals surface area contributed by atoms with Crippen LogP contribution in [0.15, 0.2) is 24.3 Å². The Hall–Kier alpha value is -1.75. The van der Waals surface area contributed by atoms with Crippen molar-refractivity contribution in [2.75, 3.05) is 0 Å². The molecule has 6 heteroatoms. The molecule has 2 atom stereocenters. The van der Waals surface area contributed by atoms with Crippen LogP contribution in [0.4, 0.5) is 0 Å². The summed E-state index contributed by atoms with van der Waals surface area (Å²) in [6, 6.07) is 5.65. The Morgan fingerprint density at radius 3 is 2.20 bits per heavy atom. The standard InChI is InChI=1S/C14H18ClNO4/c1-8(2)12(14(18)19)16-13(17)9(3)20-11-6-4-10(15)5-7-11/h4-9,12H,1-3H3,(H,16,17)(H,18,19)/t9?,12-/m0/s1. The van der Waals surface area contributed by atoms with E-state index < -0.39 is 24.0 Å². The van der Waals surface area contributed by atoms with Crippen molar-refractivity contribution < 1.29 is 19.4 Å². The zero-order chi connectivity index (χ0) is 15.3. The van der Waals surface area contributed by atoms with Gasteiger partial charge in [-0.05, 0) is 37.1 Å². The average molecular weight is 300 g/mol. The minimum atomic E-state index is -1.06. The summed E-state index contributed by atoms with van der Waals surface area (Å²) in [4.78, 5) is 22.9. The average Bonchev–Trinajstić information content (AvgIpc) is 2.37. The fourth-order valence-electron chi connectivity index (χ4n) is 1.55. The maximum absolute atomic E-state index is 11.9. The molecular weight excluding hydrogens is 282 g/mol. The zero-order valence-electron chi connectivity index (χ0n) is 11.6. The second kappa shape index (κ2) is 7.14. The molecule has 0 aliphatic rings. The van der Waals surface area contributed by atoms with E-state index >= 15 is 0 Å². The molecule has 0 saturated heterocycles. The Bertz CT molecular complexity index is 473. The molecule has 0 aliphatic carbocycles. The summed E-state index contributed by atoms with van der Waals surface area (Å²) in [5.74, 6) is -1.25. The van der Waals surface area contributed by atoms with E-state index in [1.54, 1.807) is 45.0 Å². The first kappa shape index (κ1) is 16.3. The van der Waals surface area contributed by atoms with Crippen LogP contribution in [-0.4, -0.2) is 29.1 Å². The maximum Gasteiger partial charge on any atom is 0.326 e. The topological polar surface area (TPSA) is 75.6 Å². The Labute approximate surface area is 122 Å². The molecule has 0 spiro atoms. The van der Waals surface area contributed by atoms with Crippen molar-refractivity contribution in [3.8, 4) is 5.75 Å². The number of carboxylic acids is 1. The number of halogens is 1. The van der Waals surface area contributed by atoms with Gasteiger partial charge in [0.1, 0.15) is 11.8 Å².